The van der Waals surface area contributed by atoms with E-state index in [2.05, 4.69) is 53.8 Å². The normalized spacial score (nSPS) is 14.1. The number of halogens is 3. The largest absolute Gasteiger partial charge is 0.463 e. The first-order valence-corrected chi connectivity index (χ1v) is 26.2. The zero-order valence-corrected chi connectivity index (χ0v) is 45.5. The van der Waals surface area contributed by atoms with Crippen molar-refractivity contribution in [1.82, 2.24) is 25.5 Å². The number of amides is 9. The highest BCUT2D eigenvalue weighted by atomic mass is 19.4. The number of piperidine rings is 1. The summed E-state index contributed by atoms with van der Waals surface area (Å²) < 4.78 is 66.5. The predicted octanol–water partition coefficient (Wildman–Crippen LogP) is 5.09. The number of hydrogen-bond acceptors (Lipinski definition) is 18. The highest BCUT2D eigenvalue weighted by molar-refractivity contribution is 6.26. The van der Waals surface area contributed by atoms with E-state index in [-0.39, 0.29) is 130 Å². The summed E-state index contributed by atoms with van der Waals surface area (Å²) in [6.07, 6.45) is -1.41. The van der Waals surface area contributed by atoms with E-state index < -0.39 is 83.0 Å². The van der Waals surface area contributed by atoms with Gasteiger partial charge in [0, 0.05) is 41.0 Å². The van der Waals surface area contributed by atoms with E-state index in [4.69, 9.17) is 23.7 Å². The number of esters is 1. The van der Waals surface area contributed by atoms with Gasteiger partial charge >= 0.3 is 12.1 Å². The lowest BCUT2D eigenvalue weighted by molar-refractivity contribution is -0.146. The Balaban J connectivity index is 0.740. The molecule has 2 atom stereocenters. The Morgan fingerprint density at radius 3 is 2.07 bits per heavy atom. The zero-order chi connectivity index (χ0) is 61.0. The van der Waals surface area contributed by atoms with Crippen LogP contribution in [0.2, 0.25) is 0 Å². The summed E-state index contributed by atoms with van der Waals surface area (Å²) in [4.78, 5) is 136. The number of aromatic nitrogens is 2. The van der Waals surface area contributed by atoms with Gasteiger partial charge in [0.1, 0.15) is 25.3 Å². The van der Waals surface area contributed by atoms with Crippen molar-refractivity contribution in [3.8, 4) is 0 Å². The Morgan fingerprint density at radius 2 is 1.38 bits per heavy atom. The summed E-state index contributed by atoms with van der Waals surface area (Å²) in [5, 5.41) is 18.1. The molecule has 446 valence electrons. The third kappa shape index (κ3) is 18.1. The van der Waals surface area contributed by atoms with Crippen LogP contribution < -0.4 is 37.2 Å². The van der Waals surface area contributed by atoms with Crippen LogP contribution in [0.4, 0.5) is 47.6 Å². The highest BCUT2D eigenvalue weighted by Gasteiger charge is 2.46. The Labute approximate surface area is 482 Å². The molecule has 9 amide bonds. The van der Waals surface area contributed by atoms with Crippen molar-refractivity contribution in [3.63, 3.8) is 0 Å². The van der Waals surface area contributed by atoms with Crippen LogP contribution in [-0.2, 0) is 58.6 Å². The van der Waals surface area contributed by atoms with E-state index in [1.54, 1.807) is 37.3 Å². The molecule has 0 bridgehead atoms. The minimum absolute atomic E-state index is 0.00887. The maximum absolute atomic E-state index is 13.4. The minimum atomic E-state index is -4.64. The van der Waals surface area contributed by atoms with Crippen LogP contribution in [0.25, 0.3) is 0 Å². The van der Waals surface area contributed by atoms with Crippen LogP contribution in [0.3, 0.4) is 0 Å². The quantitative estimate of drug-likeness (QED) is 0.0142. The van der Waals surface area contributed by atoms with E-state index >= 15 is 0 Å². The van der Waals surface area contributed by atoms with Gasteiger partial charge in [-0.05, 0) is 92.1 Å². The second-order valence-corrected chi connectivity index (χ2v) is 18.6. The van der Waals surface area contributed by atoms with Gasteiger partial charge < -0.3 is 55.6 Å². The molecule has 0 radical (unpaired) electrons. The molecule has 1 fully saturated rings. The van der Waals surface area contributed by atoms with Gasteiger partial charge in [0.15, 0.2) is 0 Å². The zero-order valence-electron chi connectivity index (χ0n) is 45.5. The van der Waals surface area contributed by atoms with Crippen molar-refractivity contribution >= 4 is 93.5 Å². The molecule has 1 saturated heterocycles. The van der Waals surface area contributed by atoms with Crippen LogP contribution in [0, 0.1) is 6.92 Å². The van der Waals surface area contributed by atoms with E-state index in [0.717, 1.165) is 29.2 Å². The van der Waals surface area contributed by atoms with Gasteiger partial charge in [-0.25, -0.2) is 9.97 Å². The first-order chi connectivity index (χ1) is 40.8. The fourth-order valence-electron chi connectivity index (χ4n) is 8.35. The van der Waals surface area contributed by atoms with Crippen LogP contribution in [-0.4, -0.2) is 146 Å². The Morgan fingerprint density at radius 1 is 0.729 bits per heavy atom. The van der Waals surface area contributed by atoms with Crippen LogP contribution >= 0.6 is 0 Å². The topological polar surface area (TPSA) is 330 Å². The average Bonchev–Trinajstić information content (AvgIpc) is 2.00. The minimum Gasteiger partial charge on any atom is -0.463 e. The molecule has 1 aromatic heterocycles. The lowest BCUT2D eigenvalue weighted by Crippen LogP contribution is -2.54. The Hall–Kier alpha value is -9.77. The number of aryl methyl sites for hydroxylation is 1. The number of carbonyl (C=O) groups is 10. The number of ether oxygens (including phenoxy) is 5. The van der Waals surface area contributed by atoms with E-state index in [1.807, 2.05) is 0 Å². The molecular formula is C57H57F3N10O15. The number of alkyl halides is 3. The van der Waals surface area contributed by atoms with Crippen molar-refractivity contribution < 1.29 is 84.8 Å². The number of benzene rings is 4. The maximum Gasteiger partial charge on any atom is 0.416 e. The van der Waals surface area contributed by atoms with Gasteiger partial charge in [-0.15, -0.1) is 0 Å². The summed E-state index contributed by atoms with van der Waals surface area (Å²) in [6.45, 7) is 5.61. The Kier molecular flexibility index (Phi) is 22.2. The molecule has 2 aliphatic rings. The lowest BCUT2D eigenvalue weighted by atomic mass is 10.0. The van der Waals surface area contributed by atoms with Gasteiger partial charge in [-0.1, -0.05) is 30.8 Å². The fraction of sp³-hybridized carbons (Fsp3) is 0.298. The van der Waals surface area contributed by atoms with Gasteiger partial charge in [0.2, 0.25) is 35.5 Å². The van der Waals surface area contributed by atoms with E-state index in [0.29, 0.717) is 16.9 Å². The van der Waals surface area contributed by atoms with Crippen molar-refractivity contribution in [3.05, 3.63) is 143 Å². The molecule has 0 saturated carbocycles. The molecule has 4 aromatic carbocycles. The fourth-order valence-corrected chi connectivity index (χ4v) is 8.35. The summed E-state index contributed by atoms with van der Waals surface area (Å²) in [5.74, 6) is -6.54. The third-order valence-corrected chi connectivity index (χ3v) is 12.5. The molecule has 5 aromatic rings. The van der Waals surface area contributed by atoms with Gasteiger partial charge in [-0.3, -0.25) is 58.2 Å². The summed E-state index contributed by atoms with van der Waals surface area (Å²) in [7, 11) is 0. The second kappa shape index (κ2) is 30.0. The van der Waals surface area contributed by atoms with Crippen molar-refractivity contribution in [2.24, 2.45) is 0 Å². The number of imide groups is 2. The summed E-state index contributed by atoms with van der Waals surface area (Å²) in [5.41, 5.74) is 0.640. The number of carbonyl (C=O) groups excluding carboxylic acids is 10. The van der Waals surface area contributed by atoms with Crippen molar-refractivity contribution in [1.29, 1.82) is 0 Å². The van der Waals surface area contributed by atoms with Gasteiger partial charge in [0.05, 0.1) is 86.7 Å². The van der Waals surface area contributed by atoms with Gasteiger partial charge in [0.25, 0.3) is 23.6 Å². The Bertz CT molecular complexity index is 3350. The molecule has 0 spiro atoms. The second-order valence-electron chi connectivity index (χ2n) is 18.6. The molecule has 2 aliphatic heterocycles. The molecular weight excluding hydrogens is 1120 g/mol. The number of hydrogen-bond donors (Lipinski definition) is 7. The smallest absolute Gasteiger partial charge is 0.416 e. The number of nitrogens with one attached hydrogen (secondary N) is 7. The predicted molar refractivity (Wildman–Crippen MR) is 296 cm³/mol. The lowest BCUT2D eigenvalue weighted by Gasteiger charge is -2.27. The van der Waals surface area contributed by atoms with E-state index in [9.17, 15) is 61.1 Å². The van der Waals surface area contributed by atoms with Crippen molar-refractivity contribution in [2.75, 3.05) is 86.0 Å². The summed E-state index contributed by atoms with van der Waals surface area (Å²) >= 11 is 0. The highest BCUT2D eigenvalue weighted by Crippen LogP contribution is 2.33. The standard InChI is InChI=1S/C57H57F3N10O15/c1-3-45(71)68-43(15-18-48(74)85-26-25-83-22-21-81-19-20-82-23-24-84-32-47(73)67-42-12-6-11-40-49(42)55(80)70(54(40)79)44-16-17-46(72)69-53(44)78)52(77)64-36-9-5-10-37(28-36)66-56-61-30-39(31-62-56)65-51(76)41-29-38(14-13-33(41)2)63-50(75)34-7-4-8-35(27-34)57(58,59)60/h3-14,27-31,43-44H,1,15-26,32H2,2H3,(H,63,75)(H,64,77)(H,65,76)(H,67,73)(H,68,71)(H,61,62,66)(H,69,72,78)/t43-,44?/m0/s1. The molecule has 3 heterocycles. The van der Waals surface area contributed by atoms with Crippen molar-refractivity contribution in [2.45, 2.75) is 50.9 Å². The van der Waals surface area contributed by atoms with E-state index in [1.165, 1.54) is 48.8 Å². The maximum atomic E-state index is 13.4. The molecule has 85 heavy (non-hydrogen) atoms. The average molecular weight is 1180 g/mol. The van der Waals surface area contributed by atoms with Crippen LogP contribution in [0.1, 0.15) is 78.2 Å². The number of fused-ring (bicyclic) bond motifs is 1. The molecule has 7 rings (SSSR count). The summed E-state index contributed by atoms with van der Waals surface area (Å²) in [6, 6.07) is 16.8. The molecule has 1 unspecified atom stereocenters. The first-order valence-electron chi connectivity index (χ1n) is 26.2. The molecule has 7 N–H and O–H groups in total. The molecule has 0 aliphatic carbocycles. The first kappa shape index (κ1) is 62.8. The van der Waals surface area contributed by atoms with Crippen LogP contribution in [0.15, 0.2) is 110 Å². The SMILES string of the molecule is C=CC(=O)N[C@@H](CCC(=O)OCCOCCOCCOCCOCC(=O)Nc1cccc2c1C(=O)N(C1CCC(=O)NC1=O)C2=O)C(=O)Nc1cccc(Nc2ncc(NC(=O)c3cc(NC(=O)c4cccc(C(F)(F)F)c4)ccc3C)cn2)c1. The van der Waals surface area contributed by atoms with Gasteiger partial charge in [-0.2, -0.15) is 13.2 Å². The van der Waals surface area contributed by atoms with Crippen LogP contribution in [0.5, 0.6) is 0 Å². The third-order valence-electron chi connectivity index (χ3n) is 12.5. The monoisotopic (exact) mass is 1180 g/mol. The number of rotatable bonds is 29. The number of nitrogens with zero attached hydrogens (tertiary/aromatic N) is 3. The number of anilines is 6. The molecule has 25 nitrogen and oxygen atoms in total. The molecule has 28 heteroatoms.